The number of sulfonamides is 1. The molecule has 10 nitrogen and oxygen atoms in total. The minimum absolute atomic E-state index is 0.0576. The lowest BCUT2D eigenvalue weighted by Gasteiger charge is -2.19. The van der Waals surface area contributed by atoms with Crippen molar-refractivity contribution in [3.8, 4) is 5.75 Å². The smallest absolute Gasteiger partial charge is 0.274 e. The third-order valence-corrected chi connectivity index (χ3v) is 7.05. The number of H-pyrrole nitrogens is 1. The molecule has 11 heteroatoms. The Morgan fingerprint density at radius 1 is 1.03 bits per heavy atom. The third-order valence-electron chi connectivity index (χ3n) is 5.58. The number of aromatic amines is 1. The maximum absolute atomic E-state index is 13.3. The van der Waals surface area contributed by atoms with Crippen LogP contribution in [0.3, 0.4) is 0 Å². The Balaban J connectivity index is 1.65. The molecule has 0 fully saturated rings. The summed E-state index contributed by atoms with van der Waals surface area (Å²) in [4.78, 5) is 27.9. The molecular formula is C25H24N4O6S. The molecule has 0 radical (unpaired) electrons. The average molecular weight is 509 g/mol. The molecule has 1 aromatic heterocycles. The molecule has 0 aliphatic heterocycles. The van der Waals surface area contributed by atoms with Gasteiger partial charge < -0.3 is 15.0 Å². The maximum atomic E-state index is 13.3. The normalized spacial score (nSPS) is 12.2. The van der Waals surface area contributed by atoms with Gasteiger partial charge in [-0.2, -0.15) is 4.72 Å². The summed E-state index contributed by atoms with van der Waals surface area (Å²) in [5, 5.41) is 12.5. The van der Waals surface area contributed by atoms with Crippen LogP contribution < -0.4 is 20.3 Å². The van der Waals surface area contributed by atoms with Crippen LogP contribution in [-0.4, -0.2) is 43.6 Å². The second-order valence-electron chi connectivity index (χ2n) is 7.92. The molecular weight excluding hydrogens is 484 g/mol. The first-order chi connectivity index (χ1) is 17.3. The number of hydrogen-bond acceptors (Lipinski definition) is 6. The van der Waals surface area contributed by atoms with E-state index in [1.807, 2.05) is 24.3 Å². The fourth-order valence-electron chi connectivity index (χ4n) is 3.74. The van der Waals surface area contributed by atoms with E-state index in [2.05, 4.69) is 15.0 Å². The predicted molar refractivity (Wildman–Crippen MR) is 133 cm³/mol. The largest absolute Gasteiger partial charge is 0.497 e. The Morgan fingerprint density at radius 3 is 2.50 bits per heavy atom. The summed E-state index contributed by atoms with van der Waals surface area (Å²) in [6, 6.07) is 18.1. The molecule has 36 heavy (non-hydrogen) atoms. The highest BCUT2D eigenvalue weighted by molar-refractivity contribution is 7.89. The fourth-order valence-corrected chi connectivity index (χ4v) is 4.98. The summed E-state index contributed by atoms with van der Waals surface area (Å²) < 4.78 is 34.1. The Labute approximate surface area is 207 Å². The van der Waals surface area contributed by atoms with Crippen molar-refractivity contribution in [2.45, 2.75) is 17.4 Å². The van der Waals surface area contributed by atoms with Crippen LogP contribution in [0, 0.1) is 0 Å². The van der Waals surface area contributed by atoms with Gasteiger partial charge in [-0.3, -0.25) is 14.8 Å². The molecule has 186 valence electrons. The van der Waals surface area contributed by atoms with E-state index >= 15 is 0 Å². The van der Waals surface area contributed by atoms with Crippen LogP contribution in [0.15, 0.2) is 83.9 Å². The molecule has 1 atom stereocenters. The van der Waals surface area contributed by atoms with Gasteiger partial charge in [-0.05, 0) is 60.5 Å². The van der Waals surface area contributed by atoms with Crippen LogP contribution in [0.5, 0.6) is 5.75 Å². The van der Waals surface area contributed by atoms with Gasteiger partial charge in [-0.15, -0.1) is 0 Å². The zero-order valence-electron chi connectivity index (χ0n) is 19.2. The highest BCUT2D eigenvalue weighted by atomic mass is 32.2. The summed E-state index contributed by atoms with van der Waals surface area (Å²) in [7, 11) is -2.70. The van der Waals surface area contributed by atoms with Crippen LogP contribution >= 0.6 is 0 Å². The number of para-hydroxylation sites is 1. The molecule has 0 aliphatic rings. The van der Waals surface area contributed by atoms with Crippen LogP contribution in [0.4, 0.5) is 5.69 Å². The monoisotopic (exact) mass is 508 g/mol. The Bertz CT molecular complexity index is 1500. The molecule has 0 aliphatic carbocycles. The molecule has 3 aromatic carbocycles. The van der Waals surface area contributed by atoms with Crippen molar-refractivity contribution in [2.24, 2.45) is 0 Å². The third kappa shape index (κ3) is 5.54. The lowest BCUT2D eigenvalue weighted by Crippen LogP contribution is -2.45. The Kier molecular flexibility index (Phi) is 7.34. The molecule has 0 unspecified atom stereocenters. The van der Waals surface area contributed by atoms with E-state index in [9.17, 15) is 18.0 Å². The van der Waals surface area contributed by atoms with Gasteiger partial charge in [0.05, 0.1) is 12.0 Å². The number of nitrogens with one attached hydrogen (secondary N) is 4. The number of carbonyl (C=O) groups excluding carboxylic acids is 2. The predicted octanol–water partition coefficient (Wildman–Crippen LogP) is 2.82. The summed E-state index contributed by atoms with van der Waals surface area (Å²) in [5.74, 6) is -0.825. The minimum atomic E-state index is -4.23. The van der Waals surface area contributed by atoms with E-state index in [0.717, 1.165) is 22.5 Å². The molecule has 4 rings (SSSR count). The van der Waals surface area contributed by atoms with E-state index in [-0.39, 0.29) is 16.9 Å². The molecule has 0 spiro atoms. The van der Waals surface area contributed by atoms with Crippen molar-refractivity contribution in [1.29, 1.82) is 0 Å². The second-order valence-corrected chi connectivity index (χ2v) is 9.64. The topological polar surface area (TPSA) is 150 Å². The molecule has 2 amide bonds. The average Bonchev–Trinajstić information content (AvgIpc) is 3.31. The first-order valence-electron chi connectivity index (χ1n) is 10.9. The minimum Gasteiger partial charge on any atom is -0.497 e. The quantitative estimate of drug-likeness (QED) is 0.173. The van der Waals surface area contributed by atoms with E-state index in [4.69, 9.17) is 9.94 Å². The number of anilines is 1. The van der Waals surface area contributed by atoms with Crippen molar-refractivity contribution in [3.63, 3.8) is 0 Å². The Morgan fingerprint density at radius 2 is 1.78 bits per heavy atom. The standard InChI is InChI=1S/C25H24N4O6S/c1-35-19-11-9-18(10-12-19)27-25(31)23(14-17-15-26-22-8-3-2-7-21(17)22)29-36(33,34)20-6-4-5-16(13-20)24(30)28-32/h2-13,15,23,26,29,32H,14H2,1H3,(H,27,31)(H,28,30)/t23-/m0/s1. The lowest BCUT2D eigenvalue weighted by molar-refractivity contribution is -0.117. The van der Waals surface area contributed by atoms with Gasteiger partial charge in [0, 0.05) is 28.4 Å². The van der Waals surface area contributed by atoms with E-state index in [0.29, 0.717) is 11.4 Å². The van der Waals surface area contributed by atoms with Gasteiger partial charge in [-0.1, -0.05) is 24.3 Å². The zero-order valence-corrected chi connectivity index (χ0v) is 20.0. The van der Waals surface area contributed by atoms with Crippen molar-refractivity contribution in [3.05, 3.63) is 90.1 Å². The van der Waals surface area contributed by atoms with Crippen molar-refractivity contribution in [1.82, 2.24) is 15.2 Å². The first kappa shape index (κ1) is 24.9. The van der Waals surface area contributed by atoms with Gasteiger partial charge in [0.15, 0.2) is 0 Å². The molecule has 1 heterocycles. The number of hydrogen-bond donors (Lipinski definition) is 5. The van der Waals surface area contributed by atoms with Crippen molar-refractivity contribution >= 4 is 38.4 Å². The summed E-state index contributed by atoms with van der Waals surface area (Å²) in [6.45, 7) is 0. The highest BCUT2D eigenvalue weighted by Gasteiger charge is 2.27. The van der Waals surface area contributed by atoms with E-state index in [1.54, 1.807) is 30.5 Å². The molecule has 4 aromatic rings. The molecule has 0 bridgehead atoms. The summed E-state index contributed by atoms with van der Waals surface area (Å²) in [6.07, 6.45) is 1.79. The van der Waals surface area contributed by atoms with Gasteiger partial charge in [-0.25, -0.2) is 13.9 Å². The van der Waals surface area contributed by atoms with Gasteiger partial charge in [0.2, 0.25) is 15.9 Å². The van der Waals surface area contributed by atoms with Gasteiger partial charge >= 0.3 is 0 Å². The summed E-state index contributed by atoms with van der Waals surface area (Å²) in [5.41, 5.74) is 3.48. The molecule has 5 N–H and O–H groups in total. The number of benzene rings is 3. The number of rotatable bonds is 9. The van der Waals surface area contributed by atoms with Gasteiger partial charge in [0.1, 0.15) is 11.8 Å². The van der Waals surface area contributed by atoms with Crippen LogP contribution in [-0.2, 0) is 21.2 Å². The lowest BCUT2D eigenvalue weighted by atomic mass is 10.0. The number of amides is 2. The summed E-state index contributed by atoms with van der Waals surface area (Å²) >= 11 is 0. The number of methoxy groups -OCH3 is 1. The number of hydroxylamine groups is 1. The second kappa shape index (κ2) is 10.6. The van der Waals surface area contributed by atoms with Crippen LogP contribution in [0.25, 0.3) is 10.9 Å². The fraction of sp³-hybridized carbons (Fsp3) is 0.120. The van der Waals surface area contributed by atoms with Gasteiger partial charge in [0.25, 0.3) is 5.91 Å². The van der Waals surface area contributed by atoms with Crippen LogP contribution in [0.1, 0.15) is 15.9 Å². The van der Waals surface area contributed by atoms with Crippen molar-refractivity contribution in [2.75, 3.05) is 12.4 Å². The zero-order chi connectivity index (χ0) is 25.7. The van der Waals surface area contributed by atoms with E-state index < -0.39 is 27.9 Å². The number of carbonyl (C=O) groups is 2. The highest BCUT2D eigenvalue weighted by Crippen LogP contribution is 2.21. The van der Waals surface area contributed by atoms with E-state index in [1.165, 1.54) is 30.8 Å². The molecule has 0 saturated carbocycles. The van der Waals surface area contributed by atoms with Crippen molar-refractivity contribution < 1.29 is 28.0 Å². The SMILES string of the molecule is COc1ccc(NC(=O)[C@H](Cc2c[nH]c3ccccc23)NS(=O)(=O)c2cccc(C(=O)NO)c2)cc1. The van der Waals surface area contributed by atoms with Crippen LogP contribution in [0.2, 0.25) is 0 Å². The number of ether oxygens (including phenoxy) is 1. The number of aromatic nitrogens is 1. The number of fused-ring (bicyclic) bond motifs is 1. The molecule has 0 saturated heterocycles. The first-order valence-corrected chi connectivity index (χ1v) is 12.4. The Hall–Kier alpha value is -4.19. The maximum Gasteiger partial charge on any atom is 0.274 e.